The highest BCUT2D eigenvalue weighted by molar-refractivity contribution is 5.71. The monoisotopic (exact) mass is 1100 g/mol. The van der Waals surface area contributed by atoms with Crippen LogP contribution in [0.4, 0.5) is 0 Å². The van der Waals surface area contributed by atoms with Gasteiger partial charge in [0, 0.05) is 19.3 Å². The largest absolute Gasteiger partial charge is 0.462 e. The minimum absolute atomic E-state index is 0.113. The first-order valence-electron chi connectivity index (χ1n) is 33.4. The van der Waals surface area contributed by atoms with Gasteiger partial charge in [-0.3, -0.25) is 14.4 Å². The van der Waals surface area contributed by atoms with Crippen molar-refractivity contribution in [2.24, 2.45) is 0 Å². The highest BCUT2D eigenvalue weighted by Crippen LogP contribution is 2.17. The molecule has 0 fully saturated rings. The van der Waals surface area contributed by atoms with E-state index in [0.717, 1.165) is 96.3 Å². The van der Waals surface area contributed by atoms with Crippen LogP contribution in [0.1, 0.15) is 316 Å². The molecule has 79 heavy (non-hydrogen) atoms. The van der Waals surface area contributed by atoms with E-state index >= 15 is 0 Å². The topological polar surface area (TPSA) is 78.9 Å². The third-order valence-electron chi connectivity index (χ3n) is 14.3. The van der Waals surface area contributed by atoms with E-state index in [1.165, 1.54) is 167 Å². The normalized spacial score (nSPS) is 12.8. The molecule has 452 valence electrons. The number of allylic oxidation sites excluding steroid dienone is 18. The van der Waals surface area contributed by atoms with E-state index in [0.29, 0.717) is 25.7 Å². The van der Waals surface area contributed by atoms with Crippen molar-refractivity contribution in [1.82, 2.24) is 0 Å². The minimum atomic E-state index is -0.827. The molecule has 0 rings (SSSR count). The summed E-state index contributed by atoms with van der Waals surface area (Å²) in [4.78, 5) is 38.3. The molecule has 0 aromatic heterocycles. The predicted octanol–water partition coefficient (Wildman–Crippen LogP) is 23.0. The van der Waals surface area contributed by atoms with Crippen LogP contribution in [-0.4, -0.2) is 37.2 Å². The number of carbonyl (C=O) groups is 3. The van der Waals surface area contributed by atoms with Crippen molar-refractivity contribution in [1.29, 1.82) is 0 Å². The second-order valence-electron chi connectivity index (χ2n) is 22.0. The zero-order chi connectivity index (χ0) is 57.1. The Balaban J connectivity index is 4.31. The fourth-order valence-electron chi connectivity index (χ4n) is 9.35. The van der Waals surface area contributed by atoms with Crippen molar-refractivity contribution in [3.05, 3.63) is 109 Å². The van der Waals surface area contributed by atoms with E-state index in [2.05, 4.69) is 130 Å². The summed E-state index contributed by atoms with van der Waals surface area (Å²) in [5, 5.41) is 0. The third-order valence-corrected chi connectivity index (χ3v) is 14.3. The molecule has 6 heteroatoms. The summed E-state index contributed by atoms with van der Waals surface area (Å²) in [5.41, 5.74) is 0. The molecular weight excluding hydrogens is 973 g/mol. The summed E-state index contributed by atoms with van der Waals surface area (Å²) in [6, 6.07) is 0. The highest BCUT2D eigenvalue weighted by atomic mass is 16.6. The van der Waals surface area contributed by atoms with Crippen molar-refractivity contribution in [3.63, 3.8) is 0 Å². The fraction of sp³-hybridized carbons (Fsp3) is 0.712. The van der Waals surface area contributed by atoms with Gasteiger partial charge in [-0.25, -0.2) is 0 Å². The third kappa shape index (κ3) is 64.8. The molecular formula is C73H124O6. The lowest BCUT2D eigenvalue weighted by molar-refractivity contribution is -0.167. The smallest absolute Gasteiger partial charge is 0.306 e. The second-order valence-corrected chi connectivity index (χ2v) is 22.0. The Hall–Kier alpha value is -3.93. The quantitative estimate of drug-likeness (QED) is 0.0261. The summed E-state index contributed by atoms with van der Waals surface area (Å²) < 4.78 is 16.8. The van der Waals surface area contributed by atoms with Gasteiger partial charge in [0.1, 0.15) is 13.2 Å². The van der Waals surface area contributed by atoms with Crippen molar-refractivity contribution < 1.29 is 28.6 Å². The number of hydrogen-bond donors (Lipinski definition) is 0. The van der Waals surface area contributed by atoms with Crippen molar-refractivity contribution >= 4 is 17.9 Å². The molecule has 0 aromatic rings. The van der Waals surface area contributed by atoms with Crippen molar-refractivity contribution in [3.8, 4) is 0 Å². The molecule has 0 radical (unpaired) electrons. The Bertz CT molecular complexity index is 1590. The Kier molecular flexibility index (Phi) is 63.3. The Morgan fingerprint density at radius 3 is 0.810 bits per heavy atom. The van der Waals surface area contributed by atoms with Crippen LogP contribution in [0.3, 0.4) is 0 Å². The Morgan fingerprint density at radius 1 is 0.266 bits per heavy atom. The number of unbranched alkanes of at least 4 members (excludes halogenated alkanes) is 31. The summed E-state index contributed by atoms with van der Waals surface area (Å²) in [5.74, 6) is -1.01. The molecule has 0 aromatic carbocycles. The van der Waals surface area contributed by atoms with Gasteiger partial charge >= 0.3 is 17.9 Å². The molecule has 1 atom stereocenters. The summed E-state index contributed by atoms with van der Waals surface area (Å²) in [6.45, 7) is 6.36. The maximum absolute atomic E-state index is 12.9. The van der Waals surface area contributed by atoms with Crippen molar-refractivity contribution in [2.45, 2.75) is 322 Å². The van der Waals surface area contributed by atoms with Gasteiger partial charge in [0.25, 0.3) is 0 Å². The first-order valence-corrected chi connectivity index (χ1v) is 33.4. The second kappa shape index (κ2) is 66.6. The molecule has 0 aliphatic carbocycles. The number of carbonyl (C=O) groups excluding carboxylic acids is 3. The zero-order valence-corrected chi connectivity index (χ0v) is 51.9. The number of hydrogen-bond acceptors (Lipinski definition) is 6. The molecule has 0 saturated heterocycles. The van der Waals surface area contributed by atoms with E-state index in [1.54, 1.807) is 0 Å². The first-order chi connectivity index (χ1) is 39.0. The van der Waals surface area contributed by atoms with Gasteiger partial charge in [0.15, 0.2) is 6.10 Å². The van der Waals surface area contributed by atoms with Crippen LogP contribution in [-0.2, 0) is 28.6 Å². The molecule has 1 unspecified atom stereocenters. The number of ether oxygens (including phenoxy) is 3. The predicted molar refractivity (Wildman–Crippen MR) is 343 cm³/mol. The fourth-order valence-corrected chi connectivity index (χ4v) is 9.35. The van der Waals surface area contributed by atoms with Gasteiger partial charge in [0.2, 0.25) is 0 Å². The molecule has 0 heterocycles. The van der Waals surface area contributed by atoms with Crippen molar-refractivity contribution in [2.75, 3.05) is 13.2 Å². The average Bonchev–Trinajstić information content (AvgIpc) is 3.45. The Labute approximate surface area is 489 Å². The molecule has 0 saturated carbocycles. The van der Waals surface area contributed by atoms with Gasteiger partial charge < -0.3 is 14.2 Å². The summed E-state index contributed by atoms with van der Waals surface area (Å²) in [7, 11) is 0. The Morgan fingerprint density at radius 2 is 0.506 bits per heavy atom. The van der Waals surface area contributed by atoms with E-state index in [1.807, 2.05) is 0 Å². The first kappa shape index (κ1) is 75.1. The van der Waals surface area contributed by atoms with Crippen LogP contribution in [0.25, 0.3) is 0 Å². The SMILES string of the molecule is CC/C=C\C/C=C\C/C=C\C/C=C\C/C=C\CCCC(=O)OC(COC(=O)CCCC/C=C\C/C=C\C/C=C\C/C=C\CC)COC(=O)CCCCCCCCCCCCCCCCCCCCCCCCCCCCCCC. The molecule has 0 bridgehead atoms. The minimum Gasteiger partial charge on any atom is -0.462 e. The number of esters is 3. The maximum atomic E-state index is 12.9. The lowest BCUT2D eigenvalue weighted by Gasteiger charge is -2.18. The van der Waals surface area contributed by atoms with E-state index < -0.39 is 6.10 Å². The van der Waals surface area contributed by atoms with Crippen LogP contribution < -0.4 is 0 Å². The molecule has 0 amide bonds. The standard InChI is InChI=1S/C73H124O6/c1-4-7-10-13-16-19-22-25-28-30-31-32-33-34-35-36-37-38-39-40-41-43-45-48-51-54-57-60-63-66-72(75)78-69-70(68-77-71(74)65-62-59-56-53-50-47-44-27-24-21-18-15-12-9-6-3)79-73(76)67-64-61-58-55-52-49-46-42-29-26-23-20-17-14-11-8-5-2/h8-9,11-12,17-18,20-21,26-27,29,44,46,49-50,53,55,58,70H,4-7,10,13-16,19,22-25,28,30-43,45,47-48,51-52,54,56-57,59-69H2,1-3H3/b11-8-,12-9-,20-17-,21-18-,29-26-,44-27-,49-46-,53-50-,58-55-. The van der Waals surface area contributed by atoms with Gasteiger partial charge in [-0.05, 0) is 96.3 Å². The lowest BCUT2D eigenvalue weighted by atomic mass is 10.0. The van der Waals surface area contributed by atoms with Gasteiger partial charge in [-0.1, -0.05) is 310 Å². The molecule has 0 aliphatic heterocycles. The maximum Gasteiger partial charge on any atom is 0.306 e. The lowest BCUT2D eigenvalue weighted by Crippen LogP contribution is -2.30. The molecule has 6 nitrogen and oxygen atoms in total. The summed E-state index contributed by atoms with van der Waals surface area (Å²) in [6.07, 6.45) is 91.4. The van der Waals surface area contributed by atoms with Crippen LogP contribution in [0.15, 0.2) is 109 Å². The summed E-state index contributed by atoms with van der Waals surface area (Å²) >= 11 is 0. The zero-order valence-electron chi connectivity index (χ0n) is 51.9. The molecule has 0 N–H and O–H groups in total. The van der Waals surface area contributed by atoms with E-state index in [9.17, 15) is 14.4 Å². The molecule has 0 aliphatic rings. The van der Waals surface area contributed by atoms with Gasteiger partial charge in [-0.2, -0.15) is 0 Å². The average molecular weight is 1100 g/mol. The number of rotatable bonds is 60. The van der Waals surface area contributed by atoms with Crippen LogP contribution in [0.5, 0.6) is 0 Å². The van der Waals surface area contributed by atoms with E-state index in [-0.39, 0.29) is 37.5 Å². The molecule has 0 spiro atoms. The van der Waals surface area contributed by atoms with Crippen LogP contribution in [0, 0.1) is 0 Å². The van der Waals surface area contributed by atoms with E-state index in [4.69, 9.17) is 14.2 Å². The van der Waals surface area contributed by atoms with Gasteiger partial charge in [-0.15, -0.1) is 0 Å². The highest BCUT2D eigenvalue weighted by Gasteiger charge is 2.19. The van der Waals surface area contributed by atoms with Crippen LogP contribution in [0.2, 0.25) is 0 Å². The van der Waals surface area contributed by atoms with Crippen LogP contribution >= 0.6 is 0 Å². The van der Waals surface area contributed by atoms with Gasteiger partial charge in [0.05, 0.1) is 0 Å².